The van der Waals surface area contributed by atoms with Gasteiger partial charge in [-0.25, -0.2) is 0 Å². The highest BCUT2D eigenvalue weighted by atomic mass is 19.4. The Morgan fingerprint density at radius 2 is 1.43 bits per heavy atom. The van der Waals surface area contributed by atoms with Crippen LogP contribution in [-0.4, -0.2) is 30.1 Å². The third-order valence-electron chi connectivity index (χ3n) is 3.71. The van der Waals surface area contributed by atoms with Gasteiger partial charge in [-0.1, -0.05) is 20.8 Å². The second-order valence-electron chi connectivity index (χ2n) is 6.41. The fraction of sp³-hybridized carbons (Fsp3) is 0.929. The zero-order valence-electron chi connectivity index (χ0n) is 13.5. The van der Waals surface area contributed by atoms with E-state index in [1.54, 1.807) is 6.92 Å². The number of hydrogen-bond acceptors (Lipinski definition) is 2. The lowest BCUT2D eigenvalue weighted by molar-refractivity contribution is -0.358. The highest BCUT2D eigenvalue weighted by molar-refractivity contribution is 5.76. The molecule has 1 atom stereocenters. The Balaban J connectivity index is 5.34. The summed E-state index contributed by atoms with van der Waals surface area (Å²) in [4.78, 5) is 11.9. The van der Waals surface area contributed by atoms with Crippen LogP contribution in [-0.2, 0) is 9.53 Å². The molecule has 0 heterocycles. The maximum atomic E-state index is 13.5. The molecule has 0 spiro atoms. The lowest BCUT2D eigenvalue weighted by Crippen LogP contribution is -2.54. The molecule has 23 heavy (non-hydrogen) atoms. The van der Waals surface area contributed by atoms with Gasteiger partial charge >= 0.3 is 24.0 Å². The molecule has 138 valence electrons. The largest absolute Gasteiger partial charge is 0.461 e. The van der Waals surface area contributed by atoms with Gasteiger partial charge in [-0.05, 0) is 26.2 Å². The van der Waals surface area contributed by atoms with E-state index < -0.39 is 47.8 Å². The molecule has 0 radical (unpaired) electrons. The van der Waals surface area contributed by atoms with Gasteiger partial charge in [-0.2, -0.15) is 30.7 Å². The predicted octanol–water partition coefficient (Wildman–Crippen LogP) is 5.21. The standard InChI is InChI=1S/C14H21F7O2/c1-6-11(4,5)10(22)23-9(8(2)3)7-12(15,16)13(17,18)14(19,20)21/h8-9H,6-7H2,1-5H3. The highest BCUT2D eigenvalue weighted by Crippen LogP contribution is 2.49. The summed E-state index contributed by atoms with van der Waals surface area (Å²) in [7, 11) is 0. The van der Waals surface area contributed by atoms with Gasteiger partial charge in [-0.3, -0.25) is 4.79 Å². The third-order valence-corrected chi connectivity index (χ3v) is 3.71. The minimum absolute atomic E-state index is 0.283. The first-order valence-corrected chi connectivity index (χ1v) is 7.03. The van der Waals surface area contributed by atoms with Crippen molar-refractivity contribution in [2.75, 3.05) is 0 Å². The topological polar surface area (TPSA) is 26.3 Å². The fourth-order valence-electron chi connectivity index (χ4n) is 1.44. The Hall–Kier alpha value is -1.02. The molecular weight excluding hydrogens is 333 g/mol. The van der Waals surface area contributed by atoms with Gasteiger partial charge in [0.05, 0.1) is 11.8 Å². The van der Waals surface area contributed by atoms with Crippen LogP contribution in [0.1, 0.15) is 47.5 Å². The van der Waals surface area contributed by atoms with Gasteiger partial charge in [-0.15, -0.1) is 0 Å². The molecule has 0 N–H and O–H groups in total. The molecule has 0 aliphatic heterocycles. The summed E-state index contributed by atoms with van der Waals surface area (Å²) < 4.78 is 94.1. The van der Waals surface area contributed by atoms with Crippen molar-refractivity contribution < 1.29 is 40.3 Å². The maximum Gasteiger partial charge on any atom is 0.459 e. The van der Waals surface area contributed by atoms with E-state index in [0.717, 1.165) is 0 Å². The van der Waals surface area contributed by atoms with Gasteiger partial charge in [0.15, 0.2) is 0 Å². The number of carbonyl (C=O) groups is 1. The molecule has 2 nitrogen and oxygen atoms in total. The maximum absolute atomic E-state index is 13.5. The Bertz CT molecular complexity index is 414. The molecule has 0 amide bonds. The van der Waals surface area contributed by atoms with Crippen LogP contribution in [0, 0.1) is 11.3 Å². The quantitative estimate of drug-likeness (QED) is 0.463. The molecule has 9 heteroatoms. The Labute approximate surface area is 130 Å². The van der Waals surface area contributed by atoms with E-state index in [0.29, 0.717) is 0 Å². The summed E-state index contributed by atoms with van der Waals surface area (Å²) in [6.07, 6.45) is -9.80. The van der Waals surface area contributed by atoms with Crippen molar-refractivity contribution in [3.63, 3.8) is 0 Å². The molecule has 0 saturated heterocycles. The lowest BCUT2D eigenvalue weighted by Gasteiger charge is -2.33. The monoisotopic (exact) mass is 354 g/mol. The minimum Gasteiger partial charge on any atom is -0.461 e. The van der Waals surface area contributed by atoms with Crippen LogP contribution < -0.4 is 0 Å². The number of alkyl halides is 7. The van der Waals surface area contributed by atoms with Crippen molar-refractivity contribution in [3.05, 3.63) is 0 Å². The molecule has 0 saturated carbocycles. The molecule has 1 unspecified atom stereocenters. The Morgan fingerprint density at radius 1 is 1.00 bits per heavy atom. The van der Waals surface area contributed by atoms with Crippen LogP contribution in [0.25, 0.3) is 0 Å². The van der Waals surface area contributed by atoms with Crippen LogP contribution in [0.4, 0.5) is 30.7 Å². The number of ether oxygens (including phenoxy) is 1. The summed E-state index contributed by atoms with van der Waals surface area (Å²) >= 11 is 0. The van der Waals surface area contributed by atoms with E-state index in [9.17, 15) is 35.5 Å². The van der Waals surface area contributed by atoms with Crippen molar-refractivity contribution in [1.82, 2.24) is 0 Å². The molecule has 0 rings (SSSR count). The molecule has 0 aromatic heterocycles. The van der Waals surface area contributed by atoms with Crippen LogP contribution in [0.15, 0.2) is 0 Å². The van der Waals surface area contributed by atoms with Crippen LogP contribution in [0.2, 0.25) is 0 Å². The van der Waals surface area contributed by atoms with E-state index in [1.165, 1.54) is 27.7 Å². The second-order valence-corrected chi connectivity index (χ2v) is 6.41. The summed E-state index contributed by atoms with van der Waals surface area (Å²) in [6.45, 7) is 7.11. The number of carbonyl (C=O) groups excluding carboxylic acids is 1. The molecule has 0 aromatic carbocycles. The average Bonchev–Trinajstić information content (AvgIpc) is 2.35. The van der Waals surface area contributed by atoms with Crippen molar-refractivity contribution in [3.8, 4) is 0 Å². The van der Waals surface area contributed by atoms with Crippen LogP contribution in [0.5, 0.6) is 0 Å². The molecule has 0 aliphatic carbocycles. The van der Waals surface area contributed by atoms with E-state index >= 15 is 0 Å². The first-order chi connectivity index (χ1) is 9.99. The third kappa shape index (κ3) is 4.97. The lowest BCUT2D eigenvalue weighted by atomic mass is 9.90. The fourth-order valence-corrected chi connectivity index (χ4v) is 1.44. The number of esters is 1. The van der Waals surface area contributed by atoms with E-state index in [-0.39, 0.29) is 6.42 Å². The van der Waals surface area contributed by atoms with Crippen molar-refractivity contribution in [1.29, 1.82) is 0 Å². The van der Waals surface area contributed by atoms with E-state index in [4.69, 9.17) is 4.74 Å². The van der Waals surface area contributed by atoms with Crippen molar-refractivity contribution in [2.24, 2.45) is 11.3 Å². The number of rotatable bonds is 7. The first-order valence-electron chi connectivity index (χ1n) is 7.03. The average molecular weight is 354 g/mol. The minimum atomic E-state index is -6.40. The SMILES string of the molecule is CCC(C)(C)C(=O)OC(CC(F)(F)C(F)(F)C(F)(F)F)C(C)C. The Kier molecular flexibility index (Phi) is 6.54. The predicted molar refractivity (Wildman–Crippen MR) is 69.4 cm³/mol. The van der Waals surface area contributed by atoms with Crippen molar-refractivity contribution in [2.45, 2.75) is 71.6 Å². The van der Waals surface area contributed by atoms with Crippen LogP contribution >= 0.6 is 0 Å². The van der Waals surface area contributed by atoms with Gasteiger partial charge in [0.1, 0.15) is 6.10 Å². The summed E-state index contributed by atoms with van der Waals surface area (Å²) in [5.74, 6) is -13.4. The van der Waals surface area contributed by atoms with Gasteiger partial charge in [0.2, 0.25) is 0 Å². The summed E-state index contributed by atoms with van der Waals surface area (Å²) in [5.41, 5.74) is -1.06. The number of halogens is 7. The van der Waals surface area contributed by atoms with E-state index in [1.807, 2.05) is 0 Å². The molecule has 0 fully saturated rings. The normalized spacial score (nSPS) is 15.7. The van der Waals surface area contributed by atoms with Crippen molar-refractivity contribution >= 4 is 5.97 Å². The highest BCUT2D eigenvalue weighted by Gasteiger charge is 2.73. The van der Waals surface area contributed by atoms with Gasteiger partial charge in [0.25, 0.3) is 0 Å². The summed E-state index contributed by atoms with van der Waals surface area (Å²) in [6, 6.07) is 0. The summed E-state index contributed by atoms with van der Waals surface area (Å²) in [5, 5.41) is 0. The number of hydrogen-bond donors (Lipinski definition) is 0. The molecule has 0 bridgehead atoms. The molecule has 0 aromatic rings. The van der Waals surface area contributed by atoms with Crippen LogP contribution in [0.3, 0.4) is 0 Å². The van der Waals surface area contributed by atoms with Gasteiger partial charge < -0.3 is 4.74 Å². The molecular formula is C14H21F7O2. The molecule has 0 aliphatic rings. The first kappa shape index (κ1) is 22.0. The van der Waals surface area contributed by atoms with E-state index in [2.05, 4.69) is 0 Å². The Morgan fingerprint density at radius 3 is 1.74 bits per heavy atom. The zero-order chi connectivity index (χ0) is 18.9. The second kappa shape index (κ2) is 6.84. The zero-order valence-corrected chi connectivity index (χ0v) is 13.5. The van der Waals surface area contributed by atoms with Gasteiger partial charge in [0, 0.05) is 0 Å². The smallest absolute Gasteiger partial charge is 0.459 e.